The van der Waals surface area contributed by atoms with Gasteiger partial charge in [0.05, 0.1) is 0 Å². The number of thiazole rings is 1. The summed E-state index contributed by atoms with van der Waals surface area (Å²) in [6.07, 6.45) is 7.45. The van der Waals surface area contributed by atoms with Crippen molar-refractivity contribution in [2.24, 2.45) is 5.41 Å². The van der Waals surface area contributed by atoms with Crippen LogP contribution in [0.1, 0.15) is 50.1 Å². The van der Waals surface area contributed by atoms with Crippen molar-refractivity contribution in [1.82, 2.24) is 4.98 Å². The van der Waals surface area contributed by atoms with Gasteiger partial charge in [0.25, 0.3) is 0 Å². The van der Waals surface area contributed by atoms with Crippen molar-refractivity contribution in [1.29, 1.82) is 0 Å². The Hall–Kier alpha value is -0.410. The van der Waals surface area contributed by atoms with Crippen LogP contribution in [0.2, 0.25) is 0 Å². The van der Waals surface area contributed by atoms with Crippen molar-refractivity contribution < 1.29 is 5.11 Å². The maximum Gasteiger partial charge on any atom is 0.121 e. The van der Waals surface area contributed by atoms with E-state index in [1.165, 1.54) is 25.7 Å². The summed E-state index contributed by atoms with van der Waals surface area (Å²) in [5.74, 6) is 0. The molecule has 14 heavy (non-hydrogen) atoms. The first-order valence-electron chi connectivity index (χ1n) is 5.27. The molecule has 1 fully saturated rings. The third-order valence-electron chi connectivity index (χ3n) is 3.23. The van der Waals surface area contributed by atoms with Gasteiger partial charge in [-0.3, -0.25) is 0 Å². The summed E-state index contributed by atoms with van der Waals surface area (Å²) in [5.41, 5.74) is 0.352. The second-order valence-electron chi connectivity index (χ2n) is 4.61. The highest BCUT2D eigenvalue weighted by atomic mass is 32.1. The van der Waals surface area contributed by atoms with Gasteiger partial charge in [-0.1, -0.05) is 19.8 Å². The molecule has 1 aromatic heterocycles. The van der Waals surface area contributed by atoms with Gasteiger partial charge in [0, 0.05) is 11.6 Å². The molecule has 2 nitrogen and oxygen atoms in total. The quantitative estimate of drug-likeness (QED) is 0.833. The van der Waals surface area contributed by atoms with Gasteiger partial charge in [-0.25, -0.2) is 4.98 Å². The number of aromatic nitrogens is 1. The fourth-order valence-corrected chi connectivity index (χ4v) is 3.01. The minimum atomic E-state index is -0.349. The molecule has 2 rings (SSSR count). The Balaban J connectivity index is 1.97. The summed E-state index contributed by atoms with van der Waals surface area (Å²) in [4.78, 5) is 4.16. The molecule has 1 aliphatic rings. The highest BCUT2D eigenvalue weighted by Crippen LogP contribution is 2.44. The number of hydrogen-bond acceptors (Lipinski definition) is 3. The maximum atomic E-state index is 9.98. The Bertz CT molecular complexity index is 277. The van der Waals surface area contributed by atoms with Crippen LogP contribution in [0, 0.1) is 5.41 Å². The first-order valence-corrected chi connectivity index (χ1v) is 6.15. The Morgan fingerprint density at radius 1 is 1.57 bits per heavy atom. The summed E-state index contributed by atoms with van der Waals surface area (Å²) in [7, 11) is 0. The van der Waals surface area contributed by atoms with Crippen LogP contribution in [0.25, 0.3) is 0 Å². The average Bonchev–Trinajstić information content (AvgIpc) is 2.74. The molecule has 1 aromatic rings. The minimum Gasteiger partial charge on any atom is -0.386 e. The van der Waals surface area contributed by atoms with Gasteiger partial charge in [-0.2, -0.15) is 0 Å². The number of aliphatic hydroxyl groups is 1. The van der Waals surface area contributed by atoms with E-state index in [2.05, 4.69) is 11.9 Å². The van der Waals surface area contributed by atoms with Gasteiger partial charge < -0.3 is 5.11 Å². The topological polar surface area (TPSA) is 33.1 Å². The summed E-state index contributed by atoms with van der Waals surface area (Å²) in [6.45, 7) is 2.29. The fourth-order valence-electron chi connectivity index (χ4n) is 2.39. The lowest BCUT2D eigenvalue weighted by Crippen LogP contribution is -2.15. The van der Waals surface area contributed by atoms with E-state index in [9.17, 15) is 5.11 Å². The summed E-state index contributed by atoms with van der Waals surface area (Å²) in [5, 5.41) is 12.8. The van der Waals surface area contributed by atoms with Crippen molar-refractivity contribution in [3.63, 3.8) is 0 Å². The van der Waals surface area contributed by atoms with Gasteiger partial charge in [0.1, 0.15) is 11.1 Å². The molecule has 0 radical (unpaired) electrons. The van der Waals surface area contributed by atoms with Crippen molar-refractivity contribution in [2.75, 3.05) is 0 Å². The number of aliphatic hydroxyl groups excluding tert-OH is 1. The van der Waals surface area contributed by atoms with Crippen LogP contribution in [0.5, 0.6) is 0 Å². The zero-order chi connectivity index (χ0) is 10.0. The van der Waals surface area contributed by atoms with Gasteiger partial charge in [0.2, 0.25) is 0 Å². The van der Waals surface area contributed by atoms with E-state index in [0.29, 0.717) is 5.41 Å². The lowest BCUT2D eigenvalue weighted by Gasteiger charge is -2.25. The SMILES string of the molecule is CC1(CC(O)c2nccs2)CCCC1. The monoisotopic (exact) mass is 211 g/mol. The van der Waals surface area contributed by atoms with E-state index >= 15 is 0 Å². The maximum absolute atomic E-state index is 9.98. The zero-order valence-corrected chi connectivity index (χ0v) is 9.39. The number of nitrogens with zero attached hydrogens (tertiary/aromatic N) is 1. The molecule has 0 aromatic carbocycles. The van der Waals surface area contributed by atoms with Crippen LogP contribution >= 0.6 is 11.3 Å². The molecule has 0 saturated heterocycles. The van der Waals surface area contributed by atoms with E-state index in [1.54, 1.807) is 17.5 Å². The normalized spacial score (nSPS) is 22.4. The van der Waals surface area contributed by atoms with Gasteiger partial charge in [-0.05, 0) is 24.7 Å². The molecule has 0 bridgehead atoms. The Morgan fingerprint density at radius 3 is 2.86 bits per heavy atom. The van der Waals surface area contributed by atoms with Crippen LogP contribution < -0.4 is 0 Å². The van der Waals surface area contributed by atoms with Crippen molar-refractivity contribution in [3.8, 4) is 0 Å². The molecule has 1 N–H and O–H groups in total. The largest absolute Gasteiger partial charge is 0.386 e. The second kappa shape index (κ2) is 3.99. The second-order valence-corrected chi connectivity index (χ2v) is 5.53. The molecule has 1 atom stereocenters. The van der Waals surface area contributed by atoms with Crippen molar-refractivity contribution in [2.45, 2.75) is 45.1 Å². The molecule has 1 heterocycles. The van der Waals surface area contributed by atoms with Crippen LogP contribution in [0.15, 0.2) is 11.6 Å². The Kier molecular flexibility index (Phi) is 2.88. The highest BCUT2D eigenvalue weighted by Gasteiger charge is 2.31. The van der Waals surface area contributed by atoms with E-state index in [0.717, 1.165) is 11.4 Å². The molecule has 1 aliphatic carbocycles. The highest BCUT2D eigenvalue weighted by molar-refractivity contribution is 7.09. The van der Waals surface area contributed by atoms with Crippen LogP contribution in [-0.4, -0.2) is 10.1 Å². The predicted octanol–water partition coefficient (Wildman–Crippen LogP) is 3.15. The zero-order valence-electron chi connectivity index (χ0n) is 8.57. The summed E-state index contributed by atoms with van der Waals surface area (Å²) < 4.78 is 0. The van der Waals surface area contributed by atoms with E-state index < -0.39 is 0 Å². The van der Waals surface area contributed by atoms with Gasteiger partial charge in [-0.15, -0.1) is 11.3 Å². The lowest BCUT2D eigenvalue weighted by atomic mass is 9.83. The molecular formula is C11H17NOS. The van der Waals surface area contributed by atoms with Crippen LogP contribution in [0.3, 0.4) is 0 Å². The number of hydrogen-bond donors (Lipinski definition) is 1. The molecular weight excluding hydrogens is 194 g/mol. The molecule has 1 unspecified atom stereocenters. The van der Waals surface area contributed by atoms with Crippen molar-refractivity contribution >= 4 is 11.3 Å². The fraction of sp³-hybridized carbons (Fsp3) is 0.727. The van der Waals surface area contributed by atoms with Gasteiger partial charge in [0.15, 0.2) is 0 Å². The van der Waals surface area contributed by atoms with E-state index in [1.807, 2.05) is 5.38 Å². The molecule has 3 heteroatoms. The number of rotatable bonds is 3. The molecule has 0 aliphatic heterocycles. The first-order chi connectivity index (χ1) is 6.70. The summed E-state index contributed by atoms with van der Waals surface area (Å²) >= 11 is 1.55. The average molecular weight is 211 g/mol. The van der Waals surface area contributed by atoms with E-state index in [-0.39, 0.29) is 6.10 Å². The molecule has 78 valence electrons. The smallest absolute Gasteiger partial charge is 0.121 e. The standard InChI is InChI=1S/C11H17NOS/c1-11(4-2-3-5-11)8-9(13)10-12-6-7-14-10/h6-7,9,13H,2-5,8H2,1H3. The first kappa shape index (κ1) is 10.1. The molecule has 0 amide bonds. The van der Waals surface area contributed by atoms with Gasteiger partial charge >= 0.3 is 0 Å². The van der Waals surface area contributed by atoms with Crippen LogP contribution in [0.4, 0.5) is 0 Å². The lowest BCUT2D eigenvalue weighted by molar-refractivity contribution is 0.108. The Labute approximate surface area is 89.0 Å². The predicted molar refractivity (Wildman–Crippen MR) is 58.3 cm³/mol. The molecule has 1 saturated carbocycles. The minimum absolute atomic E-state index is 0.349. The summed E-state index contributed by atoms with van der Waals surface area (Å²) in [6, 6.07) is 0. The van der Waals surface area contributed by atoms with Crippen LogP contribution in [-0.2, 0) is 0 Å². The van der Waals surface area contributed by atoms with E-state index in [4.69, 9.17) is 0 Å². The Morgan fingerprint density at radius 2 is 2.29 bits per heavy atom. The third kappa shape index (κ3) is 2.15. The van der Waals surface area contributed by atoms with Crippen molar-refractivity contribution in [3.05, 3.63) is 16.6 Å². The third-order valence-corrected chi connectivity index (χ3v) is 4.11. The molecule has 0 spiro atoms.